The summed E-state index contributed by atoms with van der Waals surface area (Å²) in [5.41, 5.74) is 6.50. The van der Waals surface area contributed by atoms with Crippen molar-refractivity contribution in [1.29, 1.82) is 0 Å². The fourth-order valence-corrected chi connectivity index (χ4v) is 4.65. The lowest BCUT2D eigenvalue weighted by atomic mass is 9.89. The Balaban J connectivity index is 1.66. The van der Waals surface area contributed by atoms with Crippen LogP contribution in [0, 0.1) is 5.92 Å². The molecule has 0 aliphatic heterocycles. The Bertz CT molecular complexity index is 885. The summed E-state index contributed by atoms with van der Waals surface area (Å²) < 4.78 is 0. The van der Waals surface area contributed by atoms with Crippen LogP contribution in [0.4, 0.5) is 5.69 Å². The van der Waals surface area contributed by atoms with Crippen LogP contribution in [0.1, 0.15) is 83.3 Å². The second kappa shape index (κ2) is 13.9. The molecule has 0 saturated carbocycles. The number of benzene rings is 2. The van der Waals surface area contributed by atoms with Gasteiger partial charge in [-0.25, -0.2) is 0 Å². The van der Waals surface area contributed by atoms with Gasteiger partial charge in [-0.1, -0.05) is 126 Å². The second-order valence-electron chi connectivity index (χ2n) is 9.38. The van der Waals surface area contributed by atoms with Crippen LogP contribution in [0.5, 0.6) is 0 Å². The van der Waals surface area contributed by atoms with E-state index in [0.717, 1.165) is 13.1 Å². The SMILES string of the molecule is CCCCCCCCCCN(CC)c1ccc(C(=C2C=CC(C)C=C2)c2ccccc2)cc1. The maximum Gasteiger partial charge on any atom is 0.0366 e. The van der Waals surface area contributed by atoms with Gasteiger partial charge < -0.3 is 4.90 Å². The van der Waals surface area contributed by atoms with Crippen molar-refractivity contribution in [2.75, 3.05) is 18.0 Å². The average Bonchev–Trinajstić information content (AvgIpc) is 2.86. The maximum atomic E-state index is 2.53. The summed E-state index contributed by atoms with van der Waals surface area (Å²) in [7, 11) is 0. The van der Waals surface area contributed by atoms with Gasteiger partial charge >= 0.3 is 0 Å². The minimum absolute atomic E-state index is 0.502. The molecular weight excluding hydrogens is 398 g/mol. The Morgan fingerprint density at radius 1 is 0.697 bits per heavy atom. The first-order valence-corrected chi connectivity index (χ1v) is 13.2. The molecule has 0 spiro atoms. The lowest BCUT2D eigenvalue weighted by Gasteiger charge is -2.24. The molecule has 2 aromatic carbocycles. The van der Waals surface area contributed by atoms with Gasteiger partial charge in [0.05, 0.1) is 0 Å². The Hall–Kier alpha value is -2.54. The van der Waals surface area contributed by atoms with Crippen LogP contribution >= 0.6 is 0 Å². The highest BCUT2D eigenvalue weighted by atomic mass is 15.1. The van der Waals surface area contributed by atoms with Gasteiger partial charge in [0.2, 0.25) is 0 Å². The van der Waals surface area contributed by atoms with Crippen molar-refractivity contribution in [1.82, 2.24) is 0 Å². The summed E-state index contributed by atoms with van der Waals surface area (Å²) in [5.74, 6) is 0.502. The Morgan fingerprint density at radius 2 is 1.27 bits per heavy atom. The van der Waals surface area contributed by atoms with E-state index in [0.29, 0.717) is 5.92 Å². The Morgan fingerprint density at radius 3 is 1.88 bits per heavy atom. The lowest BCUT2D eigenvalue weighted by Crippen LogP contribution is -2.23. The van der Waals surface area contributed by atoms with Crippen molar-refractivity contribution in [3.8, 4) is 0 Å². The van der Waals surface area contributed by atoms with Gasteiger partial charge in [-0.2, -0.15) is 0 Å². The molecule has 1 nitrogen and oxygen atoms in total. The van der Waals surface area contributed by atoms with E-state index >= 15 is 0 Å². The third-order valence-corrected chi connectivity index (χ3v) is 6.69. The molecule has 0 fully saturated rings. The molecule has 1 aliphatic carbocycles. The highest BCUT2D eigenvalue weighted by Crippen LogP contribution is 2.31. The van der Waals surface area contributed by atoms with Gasteiger partial charge in [0.15, 0.2) is 0 Å². The fraction of sp³-hybridized carbons (Fsp3) is 0.438. The van der Waals surface area contributed by atoms with E-state index in [1.807, 2.05) is 0 Å². The predicted octanol–water partition coefficient (Wildman–Crippen LogP) is 9.22. The van der Waals surface area contributed by atoms with Crippen molar-refractivity contribution in [3.05, 3.63) is 95.6 Å². The molecule has 0 N–H and O–H groups in total. The van der Waals surface area contributed by atoms with Crippen LogP contribution in [-0.2, 0) is 0 Å². The van der Waals surface area contributed by atoms with Crippen LogP contribution in [0.25, 0.3) is 5.57 Å². The zero-order valence-corrected chi connectivity index (χ0v) is 21.1. The van der Waals surface area contributed by atoms with Crippen LogP contribution < -0.4 is 4.90 Å². The largest absolute Gasteiger partial charge is 0.372 e. The summed E-state index contributed by atoms with van der Waals surface area (Å²) >= 11 is 0. The van der Waals surface area contributed by atoms with Crippen molar-refractivity contribution in [2.45, 2.75) is 72.1 Å². The number of unbranched alkanes of at least 4 members (excludes halogenated alkanes) is 7. The molecule has 1 heteroatoms. The molecular formula is C32H43N. The molecule has 0 atom stereocenters. The Labute approximate surface area is 202 Å². The first-order chi connectivity index (χ1) is 16.2. The molecule has 3 rings (SSSR count). The third kappa shape index (κ3) is 7.77. The maximum absolute atomic E-state index is 2.53. The standard InChI is InChI=1S/C32H43N/c1-4-6-7-8-9-10-11-15-26-33(5-2)31-24-22-30(23-25-31)32(28-16-13-12-14-17-28)29-20-18-27(3)19-21-29/h12-14,16-25,27H,4-11,15,26H2,1-3H3. The summed E-state index contributed by atoms with van der Waals surface area (Å²) in [4.78, 5) is 2.53. The van der Waals surface area contributed by atoms with Gasteiger partial charge in [0.1, 0.15) is 0 Å². The van der Waals surface area contributed by atoms with Gasteiger partial charge in [-0.3, -0.25) is 0 Å². The summed E-state index contributed by atoms with van der Waals surface area (Å²) in [5, 5.41) is 0. The molecule has 0 saturated heterocycles. The first-order valence-electron chi connectivity index (χ1n) is 13.2. The molecule has 0 radical (unpaired) electrons. The van der Waals surface area contributed by atoms with E-state index in [2.05, 4.69) is 105 Å². The van der Waals surface area contributed by atoms with Crippen LogP contribution in [0.2, 0.25) is 0 Å². The smallest absolute Gasteiger partial charge is 0.0366 e. The van der Waals surface area contributed by atoms with Crippen LogP contribution in [0.15, 0.2) is 84.5 Å². The predicted molar refractivity (Wildman–Crippen MR) is 147 cm³/mol. The van der Waals surface area contributed by atoms with E-state index in [4.69, 9.17) is 0 Å². The minimum Gasteiger partial charge on any atom is -0.372 e. The van der Waals surface area contributed by atoms with Crippen LogP contribution in [0.3, 0.4) is 0 Å². The van der Waals surface area contributed by atoms with Gasteiger partial charge in [-0.15, -0.1) is 0 Å². The first kappa shape index (κ1) is 25.1. The quantitative estimate of drug-likeness (QED) is 0.280. The number of rotatable bonds is 13. The zero-order chi connectivity index (χ0) is 23.3. The topological polar surface area (TPSA) is 3.24 Å². The van der Waals surface area contributed by atoms with Crippen molar-refractivity contribution < 1.29 is 0 Å². The van der Waals surface area contributed by atoms with E-state index in [1.54, 1.807) is 0 Å². The average molecular weight is 442 g/mol. The van der Waals surface area contributed by atoms with Crippen molar-refractivity contribution in [2.24, 2.45) is 5.92 Å². The molecule has 1 aliphatic rings. The van der Waals surface area contributed by atoms with Gasteiger partial charge in [-0.05, 0) is 53.7 Å². The summed E-state index contributed by atoms with van der Waals surface area (Å²) in [6.07, 6.45) is 20.1. The molecule has 176 valence electrons. The van der Waals surface area contributed by atoms with Gasteiger partial charge in [0.25, 0.3) is 0 Å². The number of hydrogen-bond donors (Lipinski definition) is 0. The number of allylic oxidation sites excluding steroid dienone is 5. The summed E-state index contributed by atoms with van der Waals surface area (Å²) in [6.45, 7) is 9.00. The van der Waals surface area contributed by atoms with E-state index in [9.17, 15) is 0 Å². The number of anilines is 1. The lowest BCUT2D eigenvalue weighted by molar-refractivity contribution is 0.572. The molecule has 0 bridgehead atoms. The van der Waals surface area contributed by atoms with E-state index in [1.165, 1.54) is 79.3 Å². The van der Waals surface area contributed by atoms with Crippen molar-refractivity contribution >= 4 is 11.3 Å². The minimum atomic E-state index is 0.502. The molecule has 33 heavy (non-hydrogen) atoms. The number of hydrogen-bond acceptors (Lipinski definition) is 1. The highest BCUT2D eigenvalue weighted by molar-refractivity contribution is 5.86. The molecule has 2 aromatic rings. The second-order valence-corrected chi connectivity index (χ2v) is 9.38. The summed E-state index contributed by atoms with van der Waals surface area (Å²) in [6, 6.07) is 20.0. The molecule has 0 unspecified atom stereocenters. The molecule has 0 aromatic heterocycles. The van der Waals surface area contributed by atoms with Crippen LogP contribution in [-0.4, -0.2) is 13.1 Å². The normalized spacial score (nSPS) is 15.1. The molecule has 0 heterocycles. The highest BCUT2D eigenvalue weighted by Gasteiger charge is 2.12. The van der Waals surface area contributed by atoms with E-state index in [-0.39, 0.29) is 0 Å². The molecule has 0 amide bonds. The fourth-order valence-electron chi connectivity index (χ4n) is 4.65. The monoisotopic (exact) mass is 441 g/mol. The Kier molecular flexibility index (Phi) is 10.6. The van der Waals surface area contributed by atoms with Gasteiger partial charge in [0, 0.05) is 18.8 Å². The van der Waals surface area contributed by atoms with Crippen molar-refractivity contribution in [3.63, 3.8) is 0 Å². The van der Waals surface area contributed by atoms with E-state index < -0.39 is 0 Å². The number of nitrogens with zero attached hydrogens (tertiary/aromatic N) is 1. The zero-order valence-electron chi connectivity index (χ0n) is 21.1. The third-order valence-electron chi connectivity index (χ3n) is 6.69.